The van der Waals surface area contributed by atoms with Crippen LogP contribution in [0.2, 0.25) is 0 Å². The van der Waals surface area contributed by atoms with E-state index in [-0.39, 0.29) is 0 Å². The van der Waals surface area contributed by atoms with Gasteiger partial charge in [0, 0.05) is 26.8 Å². The fourth-order valence-electron chi connectivity index (χ4n) is 2.56. The van der Waals surface area contributed by atoms with E-state index in [1.807, 2.05) is 30.3 Å². The molecule has 29 heavy (non-hydrogen) atoms. The fourth-order valence-corrected chi connectivity index (χ4v) is 2.56. The van der Waals surface area contributed by atoms with Gasteiger partial charge in [-0.1, -0.05) is 42.5 Å². The molecule has 0 aromatic heterocycles. The Morgan fingerprint density at radius 3 is 2.38 bits per heavy atom. The van der Waals surface area contributed by atoms with Crippen molar-refractivity contribution in [2.45, 2.75) is 26.5 Å². The number of nitrogens with one attached hydrogen (secondary N) is 2. The number of methoxy groups -OCH3 is 1. The number of ether oxygens (including phenoxy) is 3. The first-order valence-corrected chi connectivity index (χ1v) is 10.2. The summed E-state index contributed by atoms with van der Waals surface area (Å²) in [5.74, 6) is 1.70. The fraction of sp³-hybridized carbons (Fsp3) is 0.435. The average molecular weight is 400 g/mol. The number of para-hydroxylation sites is 1. The number of aliphatic imine (C=N–C) groups is 1. The van der Waals surface area contributed by atoms with E-state index in [0.717, 1.165) is 42.3 Å². The molecule has 0 saturated carbocycles. The Bertz CT molecular complexity index is 690. The Labute approximate surface area is 174 Å². The van der Waals surface area contributed by atoms with Gasteiger partial charge in [0.25, 0.3) is 0 Å². The Hall–Kier alpha value is -2.57. The molecule has 0 aliphatic carbocycles. The van der Waals surface area contributed by atoms with Gasteiger partial charge in [-0.15, -0.1) is 0 Å². The lowest BCUT2D eigenvalue weighted by Crippen LogP contribution is -2.38. The predicted molar refractivity (Wildman–Crippen MR) is 117 cm³/mol. The third kappa shape index (κ3) is 9.96. The zero-order valence-electron chi connectivity index (χ0n) is 17.5. The number of hydrogen-bond acceptors (Lipinski definition) is 4. The molecular formula is C23H33N3O3. The highest BCUT2D eigenvalue weighted by Gasteiger charge is 2.00. The number of benzene rings is 2. The van der Waals surface area contributed by atoms with Gasteiger partial charge < -0.3 is 24.8 Å². The lowest BCUT2D eigenvalue weighted by Gasteiger charge is -2.11. The maximum atomic E-state index is 5.78. The van der Waals surface area contributed by atoms with Crippen molar-refractivity contribution in [2.24, 2.45) is 4.99 Å². The van der Waals surface area contributed by atoms with Crippen LogP contribution in [0.15, 0.2) is 59.6 Å². The van der Waals surface area contributed by atoms with Crippen molar-refractivity contribution >= 4 is 5.96 Å². The molecule has 0 atom stereocenters. The van der Waals surface area contributed by atoms with E-state index in [0.29, 0.717) is 33.0 Å². The summed E-state index contributed by atoms with van der Waals surface area (Å²) in [6, 6.07) is 18.2. The predicted octanol–water partition coefficient (Wildman–Crippen LogP) is 3.37. The van der Waals surface area contributed by atoms with Crippen LogP contribution in [0.1, 0.15) is 24.5 Å². The molecule has 0 radical (unpaired) electrons. The monoisotopic (exact) mass is 399 g/mol. The second kappa shape index (κ2) is 14.4. The lowest BCUT2D eigenvalue weighted by molar-refractivity contribution is 0.0698. The molecule has 158 valence electrons. The zero-order valence-corrected chi connectivity index (χ0v) is 17.5. The van der Waals surface area contributed by atoms with Gasteiger partial charge >= 0.3 is 0 Å². The second-order valence-corrected chi connectivity index (χ2v) is 6.50. The summed E-state index contributed by atoms with van der Waals surface area (Å²) < 4.78 is 16.2. The van der Waals surface area contributed by atoms with E-state index in [9.17, 15) is 0 Å². The van der Waals surface area contributed by atoms with Crippen molar-refractivity contribution in [1.29, 1.82) is 0 Å². The lowest BCUT2D eigenvalue weighted by atomic mass is 10.1. The summed E-state index contributed by atoms with van der Waals surface area (Å²) in [6.45, 7) is 6.87. The van der Waals surface area contributed by atoms with Gasteiger partial charge in [0.2, 0.25) is 0 Å². The van der Waals surface area contributed by atoms with Crippen LogP contribution in [0.5, 0.6) is 5.75 Å². The molecule has 0 amide bonds. The minimum absolute atomic E-state index is 0.560. The van der Waals surface area contributed by atoms with Crippen LogP contribution < -0.4 is 15.4 Å². The maximum absolute atomic E-state index is 5.78. The zero-order chi connectivity index (χ0) is 20.6. The largest absolute Gasteiger partial charge is 0.489 e. The van der Waals surface area contributed by atoms with Gasteiger partial charge in [-0.25, -0.2) is 4.99 Å². The Kier molecular flexibility index (Phi) is 11.3. The van der Waals surface area contributed by atoms with Crippen LogP contribution in [0.25, 0.3) is 0 Å². The smallest absolute Gasteiger partial charge is 0.191 e. The Balaban J connectivity index is 1.73. The number of nitrogens with zero attached hydrogens (tertiary/aromatic N) is 1. The molecule has 6 heteroatoms. The first kappa shape index (κ1) is 22.7. The number of hydrogen-bond donors (Lipinski definition) is 2. The van der Waals surface area contributed by atoms with Crippen LogP contribution in [0.3, 0.4) is 0 Å². The van der Waals surface area contributed by atoms with Gasteiger partial charge in [-0.05, 0) is 36.6 Å². The standard InChI is InChI=1S/C23H33N3O3/c1-3-24-23(25-14-7-15-28-17-16-27-2)26-18-20-10-12-21(13-11-20)19-29-22-8-5-4-6-9-22/h4-6,8-13H,3,7,14-19H2,1-2H3,(H2,24,25,26). The summed E-state index contributed by atoms with van der Waals surface area (Å²) in [4.78, 5) is 4.66. The van der Waals surface area contributed by atoms with Crippen LogP contribution in [-0.2, 0) is 22.6 Å². The van der Waals surface area contributed by atoms with Crippen LogP contribution in [-0.4, -0.2) is 46.0 Å². The minimum Gasteiger partial charge on any atom is -0.489 e. The molecule has 0 bridgehead atoms. The van der Waals surface area contributed by atoms with E-state index in [1.165, 1.54) is 0 Å². The molecule has 0 spiro atoms. The van der Waals surface area contributed by atoms with Crippen LogP contribution in [0.4, 0.5) is 0 Å². The SMILES string of the molecule is CCNC(=NCc1ccc(COc2ccccc2)cc1)NCCCOCCOC. The molecule has 0 heterocycles. The highest BCUT2D eigenvalue weighted by atomic mass is 16.5. The summed E-state index contributed by atoms with van der Waals surface area (Å²) in [5.41, 5.74) is 2.30. The average Bonchev–Trinajstić information content (AvgIpc) is 2.77. The molecule has 0 fully saturated rings. The molecule has 2 rings (SSSR count). The first-order valence-electron chi connectivity index (χ1n) is 10.2. The number of rotatable bonds is 13. The van der Waals surface area contributed by atoms with Crippen molar-refractivity contribution in [3.63, 3.8) is 0 Å². The molecule has 2 N–H and O–H groups in total. The van der Waals surface area contributed by atoms with Crippen molar-refractivity contribution in [1.82, 2.24) is 10.6 Å². The molecule has 2 aromatic rings. The molecule has 0 aliphatic heterocycles. The summed E-state index contributed by atoms with van der Waals surface area (Å²) in [7, 11) is 1.68. The third-order valence-corrected chi connectivity index (χ3v) is 4.13. The van der Waals surface area contributed by atoms with Crippen molar-refractivity contribution in [3.05, 3.63) is 65.7 Å². The van der Waals surface area contributed by atoms with Crippen molar-refractivity contribution < 1.29 is 14.2 Å². The maximum Gasteiger partial charge on any atom is 0.191 e. The Morgan fingerprint density at radius 1 is 0.897 bits per heavy atom. The topological polar surface area (TPSA) is 64.1 Å². The molecular weight excluding hydrogens is 366 g/mol. The molecule has 0 unspecified atom stereocenters. The Morgan fingerprint density at radius 2 is 1.66 bits per heavy atom. The van der Waals surface area contributed by atoms with Crippen molar-refractivity contribution in [2.75, 3.05) is 40.0 Å². The number of guanidine groups is 1. The summed E-state index contributed by atoms with van der Waals surface area (Å²) >= 11 is 0. The van der Waals surface area contributed by atoms with E-state index >= 15 is 0 Å². The molecule has 0 aliphatic rings. The van der Waals surface area contributed by atoms with Crippen LogP contribution in [0, 0.1) is 0 Å². The highest BCUT2D eigenvalue weighted by Crippen LogP contribution is 2.12. The van der Waals surface area contributed by atoms with Gasteiger partial charge in [-0.2, -0.15) is 0 Å². The van der Waals surface area contributed by atoms with Gasteiger partial charge in [-0.3, -0.25) is 0 Å². The van der Waals surface area contributed by atoms with E-state index < -0.39 is 0 Å². The van der Waals surface area contributed by atoms with Crippen LogP contribution >= 0.6 is 0 Å². The van der Waals surface area contributed by atoms with E-state index in [2.05, 4.69) is 46.8 Å². The molecule has 2 aromatic carbocycles. The second-order valence-electron chi connectivity index (χ2n) is 6.50. The van der Waals surface area contributed by atoms with Gasteiger partial charge in [0.1, 0.15) is 12.4 Å². The third-order valence-electron chi connectivity index (χ3n) is 4.13. The summed E-state index contributed by atoms with van der Waals surface area (Å²) in [5, 5.41) is 6.61. The summed E-state index contributed by atoms with van der Waals surface area (Å²) in [6.07, 6.45) is 0.921. The normalized spacial score (nSPS) is 11.3. The van der Waals surface area contributed by atoms with Crippen molar-refractivity contribution in [3.8, 4) is 5.75 Å². The first-order chi connectivity index (χ1) is 14.3. The highest BCUT2D eigenvalue weighted by molar-refractivity contribution is 5.79. The van der Waals surface area contributed by atoms with Gasteiger partial charge in [0.05, 0.1) is 19.8 Å². The molecule has 6 nitrogen and oxygen atoms in total. The molecule has 0 saturated heterocycles. The minimum atomic E-state index is 0.560. The van der Waals surface area contributed by atoms with Gasteiger partial charge in [0.15, 0.2) is 5.96 Å². The van der Waals surface area contributed by atoms with E-state index in [4.69, 9.17) is 14.2 Å². The quantitative estimate of drug-likeness (QED) is 0.307. The van der Waals surface area contributed by atoms with E-state index in [1.54, 1.807) is 7.11 Å².